The minimum absolute atomic E-state index is 0.238. The number of nitrogens with one attached hydrogen (secondary N) is 2. The molecule has 168 valence electrons. The number of rotatable bonds is 5. The van der Waals surface area contributed by atoms with Crippen LogP contribution in [0.4, 0.5) is 5.69 Å². The van der Waals surface area contributed by atoms with E-state index in [4.69, 9.17) is 16.6 Å². The molecule has 2 N–H and O–H groups in total. The normalized spacial score (nSPS) is 11.9. The Morgan fingerprint density at radius 3 is 2.58 bits per heavy atom. The molecule has 1 heterocycles. The van der Waals surface area contributed by atoms with Crippen LogP contribution in [0.5, 0.6) is 0 Å². The van der Waals surface area contributed by atoms with Crippen molar-refractivity contribution in [3.05, 3.63) is 78.9 Å². The molecule has 0 bridgehead atoms. The molecule has 0 aliphatic rings. The number of carbonyl (C=O) groups is 1. The lowest BCUT2D eigenvalue weighted by Gasteiger charge is -2.11. The van der Waals surface area contributed by atoms with Gasteiger partial charge in [-0.2, -0.15) is 0 Å². The molecule has 0 unspecified atom stereocenters. The summed E-state index contributed by atoms with van der Waals surface area (Å²) in [6.45, 7) is 4.39. The summed E-state index contributed by atoms with van der Waals surface area (Å²) in [6.07, 6.45) is 1.08. The quantitative estimate of drug-likeness (QED) is 0.171. The maximum atomic E-state index is 12.6. The van der Waals surface area contributed by atoms with Gasteiger partial charge in [-0.25, -0.2) is 4.98 Å². The van der Waals surface area contributed by atoms with Gasteiger partial charge in [-0.15, -0.1) is 0 Å². The number of hydrogen-bond donors (Lipinski definition) is 2. The summed E-state index contributed by atoms with van der Waals surface area (Å²) in [5.41, 5.74) is 5.11. The van der Waals surface area contributed by atoms with Crippen LogP contribution in [0.15, 0.2) is 65.1 Å². The smallest absolute Gasteiger partial charge is 0.258 e. The fraction of sp³-hybridized carbons (Fsp3) is 0.160. The molecule has 0 saturated carbocycles. The van der Waals surface area contributed by atoms with Gasteiger partial charge in [-0.3, -0.25) is 10.1 Å². The highest BCUT2D eigenvalue weighted by Gasteiger charge is 2.13. The van der Waals surface area contributed by atoms with Gasteiger partial charge in [-0.1, -0.05) is 19.9 Å². The van der Waals surface area contributed by atoms with E-state index in [2.05, 4.69) is 86.8 Å². The van der Waals surface area contributed by atoms with Gasteiger partial charge in [0.05, 0.1) is 5.56 Å². The van der Waals surface area contributed by atoms with Crippen LogP contribution in [0.2, 0.25) is 0 Å². The van der Waals surface area contributed by atoms with Gasteiger partial charge < -0.3 is 9.73 Å². The summed E-state index contributed by atoms with van der Waals surface area (Å²) in [5, 5.41) is 6.03. The summed E-state index contributed by atoms with van der Waals surface area (Å²) < 4.78 is 7.81. The van der Waals surface area contributed by atoms with Gasteiger partial charge in [0.25, 0.3) is 5.91 Å². The molecule has 4 aromatic rings. The maximum absolute atomic E-state index is 12.6. The minimum Gasteiger partial charge on any atom is -0.436 e. The number of anilines is 1. The van der Waals surface area contributed by atoms with E-state index in [9.17, 15) is 4.79 Å². The van der Waals surface area contributed by atoms with Crippen molar-refractivity contribution in [1.82, 2.24) is 10.3 Å². The van der Waals surface area contributed by atoms with E-state index in [1.54, 1.807) is 0 Å². The number of thiocarbonyl (C=S) groups is 1. The number of aromatic nitrogens is 1. The second-order valence-corrected chi connectivity index (χ2v) is 10.5. The average molecular weight is 681 g/mol. The highest BCUT2D eigenvalue weighted by Crippen LogP contribution is 2.28. The largest absolute Gasteiger partial charge is 0.436 e. The highest BCUT2D eigenvalue weighted by atomic mass is 127. The van der Waals surface area contributed by atoms with Crippen molar-refractivity contribution in [1.29, 1.82) is 0 Å². The first-order valence-corrected chi connectivity index (χ1v) is 13.0. The van der Waals surface area contributed by atoms with E-state index in [1.807, 2.05) is 48.5 Å². The lowest BCUT2D eigenvalue weighted by Crippen LogP contribution is -2.34. The lowest BCUT2D eigenvalue weighted by molar-refractivity contribution is 0.0977. The summed E-state index contributed by atoms with van der Waals surface area (Å²) in [5.74, 6) is 0.815. The van der Waals surface area contributed by atoms with Gasteiger partial charge in [0, 0.05) is 18.4 Å². The Labute approximate surface area is 225 Å². The van der Waals surface area contributed by atoms with Crippen LogP contribution in [0.25, 0.3) is 22.6 Å². The molecule has 0 saturated heterocycles. The van der Waals surface area contributed by atoms with E-state index in [0.717, 1.165) is 35.9 Å². The van der Waals surface area contributed by atoms with Crippen molar-refractivity contribution in [3.63, 3.8) is 0 Å². The van der Waals surface area contributed by atoms with E-state index in [1.165, 1.54) is 5.56 Å². The number of benzene rings is 3. The van der Waals surface area contributed by atoms with Crippen molar-refractivity contribution < 1.29 is 9.21 Å². The summed E-state index contributed by atoms with van der Waals surface area (Å²) in [4.78, 5) is 17.2. The molecule has 0 radical (unpaired) electrons. The molecule has 0 fully saturated rings. The van der Waals surface area contributed by atoms with Crippen LogP contribution in [0, 0.1) is 7.14 Å². The molecular weight excluding hydrogens is 660 g/mol. The monoisotopic (exact) mass is 681 g/mol. The molecule has 3 aromatic carbocycles. The third kappa shape index (κ3) is 5.72. The number of amides is 1. The molecule has 8 heteroatoms. The van der Waals surface area contributed by atoms with Gasteiger partial charge in [0.1, 0.15) is 5.52 Å². The molecule has 33 heavy (non-hydrogen) atoms. The third-order valence-corrected chi connectivity index (χ3v) is 7.20. The molecule has 0 spiro atoms. The number of carbonyl (C=O) groups excluding carboxylic acids is 1. The van der Waals surface area contributed by atoms with Gasteiger partial charge in [0.15, 0.2) is 10.7 Å². The van der Waals surface area contributed by atoms with E-state index in [-0.39, 0.29) is 11.0 Å². The van der Waals surface area contributed by atoms with Crippen LogP contribution in [0.1, 0.15) is 42.1 Å². The fourth-order valence-electron chi connectivity index (χ4n) is 3.31. The first-order valence-electron chi connectivity index (χ1n) is 10.4. The van der Waals surface area contributed by atoms with Crippen LogP contribution in [0.3, 0.4) is 0 Å². The molecule has 1 atom stereocenters. The third-order valence-electron chi connectivity index (χ3n) is 5.38. The first-order chi connectivity index (χ1) is 15.8. The predicted octanol–water partition coefficient (Wildman–Crippen LogP) is 7.34. The first kappa shape index (κ1) is 24.1. The SMILES string of the molecule is CC[C@H](C)c1ccc2oc(-c3ccc(NC(=S)NC(=O)c4cc(I)ccc4I)cc3)nc2c1. The number of halogens is 2. The van der Waals surface area contributed by atoms with E-state index >= 15 is 0 Å². The Hall–Kier alpha value is -2.05. The Kier molecular flexibility index (Phi) is 7.65. The topological polar surface area (TPSA) is 67.2 Å². The van der Waals surface area contributed by atoms with Crippen molar-refractivity contribution >= 4 is 85.2 Å². The molecule has 1 aromatic heterocycles. The van der Waals surface area contributed by atoms with Crippen molar-refractivity contribution in [3.8, 4) is 11.5 Å². The van der Waals surface area contributed by atoms with Crippen molar-refractivity contribution in [2.75, 3.05) is 5.32 Å². The predicted molar refractivity (Wildman–Crippen MR) is 154 cm³/mol. The Balaban J connectivity index is 1.44. The number of oxazole rings is 1. The molecular formula is C25H21I2N3O2S. The minimum atomic E-state index is -0.240. The molecule has 0 aliphatic heterocycles. The molecule has 1 amide bonds. The molecule has 4 rings (SSSR count). The zero-order valence-corrected chi connectivity index (χ0v) is 23.1. The van der Waals surface area contributed by atoms with E-state index < -0.39 is 0 Å². The Morgan fingerprint density at radius 1 is 1.09 bits per heavy atom. The number of fused-ring (bicyclic) bond motifs is 1. The van der Waals surface area contributed by atoms with Crippen LogP contribution >= 0.6 is 57.4 Å². The fourth-order valence-corrected chi connectivity index (χ4v) is 4.59. The van der Waals surface area contributed by atoms with Gasteiger partial charge in [0.2, 0.25) is 5.89 Å². The Bertz CT molecular complexity index is 1340. The van der Waals surface area contributed by atoms with Crippen LogP contribution < -0.4 is 10.6 Å². The standard InChI is InChI=1S/C25H21I2N3O2S/c1-3-14(2)16-6-11-22-21(12-16)29-24(32-22)15-4-8-18(9-5-15)28-25(33)30-23(31)19-13-17(26)7-10-20(19)27/h4-14H,3H2,1-2H3,(H2,28,30,31,33)/t14-/m0/s1. The molecule has 0 aliphatic carbocycles. The summed E-state index contributed by atoms with van der Waals surface area (Å²) in [7, 11) is 0. The number of hydrogen-bond acceptors (Lipinski definition) is 4. The lowest BCUT2D eigenvalue weighted by atomic mass is 9.98. The van der Waals surface area contributed by atoms with E-state index in [0.29, 0.717) is 17.4 Å². The Morgan fingerprint density at radius 2 is 1.85 bits per heavy atom. The number of nitrogens with zero attached hydrogens (tertiary/aromatic N) is 1. The zero-order chi connectivity index (χ0) is 23.5. The van der Waals surface area contributed by atoms with Gasteiger partial charge >= 0.3 is 0 Å². The van der Waals surface area contributed by atoms with Gasteiger partial charge in [-0.05, 0) is 130 Å². The maximum Gasteiger partial charge on any atom is 0.258 e. The second kappa shape index (κ2) is 10.5. The molecule has 5 nitrogen and oxygen atoms in total. The van der Waals surface area contributed by atoms with Crippen molar-refractivity contribution in [2.45, 2.75) is 26.2 Å². The van der Waals surface area contributed by atoms with Crippen LogP contribution in [-0.4, -0.2) is 16.0 Å². The second-order valence-electron chi connectivity index (χ2n) is 7.67. The van der Waals surface area contributed by atoms with Crippen LogP contribution in [-0.2, 0) is 0 Å². The average Bonchev–Trinajstić information content (AvgIpc) is 3.23. The zero-order valence-electron chi connectivity index (χ0n) is 18.0. The summed E-state index contributed by atoms with van der Waals surface area (Å²) in [6, 6.07) is 19.5. The van der Waals surface area contributed by atoms with Crippen molar-refractivity contribution in [2.24, 2.45) is 0 Å². The summed E-state index contributed by atoms with van der Waals surface area (Å²) >= 11 is 9.64. The highest BCUT2D eigenvalue weighted by molar-refractivity contribution is 14.1.